The van der Waals surface area contributed by atoms with Crippen LogP contribution in [0.2, 0.25) is 0 Å². The van der Waals surface area contributed by atoms with E-state index in [4.69, 9.17) is 5.73 Å². The number of rotatable bonds is 2. The van der Waals surface area contributed by atoms with Crippen LogP contribution < -0.4 is 17.0 Å². The Balaban J connectivity index is 2.25. The molecule has 0 bridgehead atoms. The van der Waals surface area contributed by atoms with Gasteiger partial charge in [0.05, 0.1) is 28.0 Å². The van der Waals surface area contributed by atoms with E-state index in [1.807, 2.05) is 66.2 Å². The molecule has 6 heteroatoms. The summed E-state index contributed by atoms with van der Waals surface area (Å²) < 4.78 is 4.53. The molecule has 4 rings (SSSR count). The zero-order chi connectivity index (χ0) is 19.3. The van der Waals surface area contributed by atoms with Gasteiger partial charge in [0.25, 0.3) is 5.56 Å². The second-order valence-corrected chi connectivity index (χ2v) is 6.74. The molecule has 6 nitrogen and oxygen atoms in total. The molecule has 0 fully saturated rings. The first-order chi connectivity index (χ1) is 12.9. The Labute approximate surface area is 155 Å². The SMILES string of the molecule is Cc1cccc(-c2c3c(=O)n(C)c(=O)n(C)c3cn2-c2ccccc2N)c1. The highest BCUT2D eigenvalue weighted by atomic mass is 16.2. The van der Waals surface area contributed by atoms with Crippen molar-refractivity contribution < 1.29 is 0 Å². The maximum Gasteiger partial charge on any atom is 0.330 e. The quantitative estimate of drug-likeness (QED) is 0.558. The minimum absolute atomic E-state index is 0.321. The Bertz CT molecular complexity index is 1310. The highest BCUT2D eigenvalue weighted by Crippen LogP contribution is 2.32. The van der Waals surface area contributed by atoms with Gasteiger partial charge in [0.2, 0.25) is 0 Å². The Hall–Kier alpha value is -3.54. The predicted octanol–water partition coefficient (Wildman–Crippen LogP) is 2.59. The summed E-state index contributed by atoms with van der Waals surface area (Å²) in [7, 11) is 3.17. The summed E-state index contributed by atoms with van der Waals surface area (Å²) in [5.74, 6) is 0. The molecule has 2 heterocycles. The van der Waals surface area contributed by atoms with Crippen molar-refractivity contribution in [1.82, 2.24) is 13.7 Å². The molecule has 0 saturated carbocycles. The number of anilines is 1. The van der Waals surface area contributed by atoms with Crippen LogP contribution in [0.15, 0.2) is 64.3 Å². The standard InChI is InChI=1S/C21H20N4O2/c1-13-7-6-8-14(11-13)19-18-17(23(2)21(27)24(3)20(18)26)12-25(19)16-10-5-4-9-15(16)22/h4-12H,22H2,1-3H3. The number of nitrogens with two attached hydrogens (primary N) is 1. The molecule has 0 saturated heterocycles. The number of fused-ring (bicyclic) bond motifs is 1. The van der Waals surface area contributed by atoms with Crippen LogP contribution in [-0.4, -0.2) is 13.7 Å². The van der Waals surface area contributed by atoms with Crippen LogP contribution in [0, 0.1) is 6.92 Å². The van der Waals surface area contributed by atoms with E-state index in [9.17, 15) is 9.59 Å². The maximum atomic E-state index is 13.0. The van der Waals surface area contributed by atoms with Gasteiger partial charge in [-0.2, -0.15) is 0 Å². The van der Waals surface area contributed by atoms with Crippen molar-refractivity contribution in [3.8, 4) is 16.9 Å². The van der Waals surface area contributed by atoms with Gasteiger partial charge in [-0.3, -0.25) is 13.9 Å². The lowest BCUT2D eigenvalue weighted by molar-refractivity contribution is 0.714. The number of hydrogen-bond acceptors (Lipinski definition) is 3. The van der Waals surface area contributed by atoms with Gasteiger partial charge in [-0.25, -0.2) is 4.79 Å². The lowest BCUT2D eigenvalue weighted by atomic mass is 10.1. The number of hydrogen-bond donors (Lipinski definition) is 1. The summed E-state index contributed by atoms with van der Waals surface area (Å²) in [4.78, 5) is 25.4. The minimum Gasteiger partial charge on any atom is -0.397 e. The predicted molar refractivity (Wildman–Crippen MR) is 108 cm³/mol. The van der Waals surface area contributed by atoms with Crippen molar-refractivity contribution in [2.24, 2.45) is 14.1 Å². The van der Waals surface area contributed by atoms with Crippen molar-refractivity contribution in [1.29, 1.82) is 0 Å². The van der Waals surface area contributed by atoms with Crippen LogP contribution in [-0.2, 0) is 14.1 Å². The van der Waals surface area contributed by atoms with Gasteiger partial charge in [-0.1, -0.05) is 35.9 Å². The van der Waals surface area contributed by atoms with Gasteiger partial charge in [-0.15, -0.1) is 0 Å². The van der Waals surface area contributed by atoms with Crippen LogP contribution in [0.3, 0.4) is 0 Å². The van der Waals surface area contributed by atoms with E-state index in [2.05, 4.69) is 0 Å². The van der Waals surface area contributed by atoms with Crippen LogP contribution in [0.5, 0.6) is 0 Å². The number of aryl methyl sites for hydroxylation is 2. The lowest BCUT2D eigenvalue weighted by Gasteiger charge is -2.12. The molecule has 0 amide bonds. The first-order valence-corrected chi connectivity index (χ1v) is 8.63. The Morgan fingerprint density at radius 1 is 0.926 bits per heavy atom. The number of nitrogen functional groups attached to an aromatic ring is 1. The van der Waals surface area contributed by atoms with E-state index < -0.39 is 0 Å². The van der Waals surface area contributed by atoms with Crippen LogP contribution >= 0.6 is 0 Å². The number of benzene rings is 2. The second-order valence-electron chi connectivity index (χ2n) is 6.74. The molecule has 2 aromatic carbocycles. The normalized spacial score (nSPS) is 11.2. The van der Waals surface area contributed by atoms with Gasteiger partial charge >= 0.3 is 5.69 Å². The zero-order valence-electron chi connectivity index (χ0n) is 15.4. The highest BCUT2D eigenvalue weighted by molar-refractivity contribution is 5.95. The van der Waals surface area contributed by atoms with Crippen molar-refractivity contribution in [3.63, 3.8) is 0 Å². The smallest absolute Gasteiger partial charge is 0.330 e. The molecule has 136 valence electrons. The van der Waals surface area contributed by atoms with Crippen molar-refractivity contribution in [3.05, 3.63) is 81.1 Å². The third-order valence-electron chi connectivity index (χ3n) is 4.93. The van der Waals surface area contributed by atoms with Crippen LogP contribution in [0.4, 0.5) is 5.69 Å². The Morgan fingerprint density at radius 3 is 2.37 bits per heavy atom. The minimum atomic E-state index is -0.360. The lowest BCUT2D eigenvalue weighted by Crippen LogP contribution is -2.36. The average Bonchev–Trinajstić information content (AvgIpc) is 3.05. The van der Waals surface area contributed by atoms with Crippen LogP contribution in [0.1, 0.15) is 5.56 Å². The van der Waals surface area contributed by atoms with E-state index in [-0.39, 0.29) is 11.2 Å². The summed E-state index contributed by atoms with van der Waals surface area (Å²) in [6.45, 7) is 2.00. The molecule has 4 aromatic rings. The maximum absolute atomic E-state index is 13.0. The topological polar surface area (TPSA) is 75.0 Å². The third kappa shape index (κ3) is 2.49. The molecule has 0 radical (unpaired) electrons. The largest absolute Gasteiger partial charge is 0.397 e. The third-order valence-corrected chi connectivity index (χ3v) is 4.93. The van der Waals surface area contributed by atoms with E-state index in [1.54, 1.807) is 7.05 Å². The summed E-state index contributed by atoms with van der Waals surface area (Å²) in [6, 6.07) is 15.4. The summed E-state index contributed by atoms with van der Waals surface area (Å²) in [5, 5.41) is 0.494. The molecule has 0 unspecified atom stereocenters. The zero-order valence-corrected chi connectivity index (χ0v) is 15.4. The Morgan fingerprint density at radius 2 is 1.67 bits per heavy atom. The highest BCUT2D eigenvalue weighted by Gasteiger charge is 2.20. The van der Waals surface area contributed by atoms with Gasteiger partial charge < -0.3 is 10.3 Å². The summed E-state index contributed by atoms with van der Waals surface area (Å²) in [6.07, 6.45) is 1.81. The van der Waals surface area contributed by atoms with Gasteiger partial charge in [0.1, 0.15) is 0 Å². The molecule has 2 aromatic heterocycles. The molecule has 0 aliphatic heterocycles. The van der Waals surface area contributed by atoms with Crippen molar-refractivity contribution in [2.45, 2.75) is 6.92 Å². The molecular weight excluding hydrogens is 340 g/mol. The fraction of sp³-hybridized carbons (Fsp3) is 0.143. The first kappa shape index (κ1) is 16.9. The van der Waals surface area contributed by atoms with Gasteiger partial charge in [0.15, 0.2) is 0 Å². The molecule has 0 aliphatic carbocycles. The molecule has 27 heavy (non-hydrogen) atoms. The molecule has 0 aliphatic rings. The van der Waals surface area contributed by atoms with E-state index in [0.717, 1.165) is 27.1 Å². The van der Waals surface area contributed by atoms with E-state index in [1.165, 1.54) is 11.6 Å². The first-order valence-electron chi connectivity index (χ1n) is 8.63. The summed E-state index contributed by atoms with van der Waals surface area (Å²) >= 11 is 0. The Kier molecular flexibility index (Phi) is 3.77. The number of para-hydroxylation sites is 2. The van der Waals surface area contributed by atoms with Crippen molar-refractivity contribution >= 4 is 16.6 Å². The molecule has 0 atom stereocenters. The molecule has 2 N–H and O–H groups in total. The number of aromatic nitrogens is 3. The fourth-order valence-electron chi connectivity index (χ4n) is 3.51. The second kappa shape index (κ2) is 6.02. The number of nitrogens with zero attached hydrogens (tertiary/aromatic N) is 3. The van der Waals surface area contributed by atoms with Crippen LogP contribution in [0.25, 0.3) is 27.8 Å². The monoisotopic (exact) mass is 360 g/mol. The van der Waals surface area contributed by atoms with E-state index in [0.29, 0.717) is 16.6 Å². The summed E-state index contributed by atoms with van der Waals surface area (Å²) in [5.41, 5.74) is 10.2. The van der Waals surface area contributed by atoms with Crippen molar-refractivity contribution in [2.75, 3.05) is 5.73 Å². The molecular formula is C21H20N4O2. The molecule has 0 spiro atoms. The van der Waals surface area contributed by atoms with Gasteiger partial charge in [-0.05, 0) is 30.7 Å². The fourth-order valence-corrected chi connectivity index (χ4v) is 3.51. The van der Waals surface area contributed by atoms with E-state index >= 15 is 0 Å². The van der Waals surface area contributed by atoms with Gasteiger partial charge in [0, 0.05) is 20.3 Å². The average molecular weight is 360 g/mol.